The fourth-order valence-electron chi connectivity index (χ4n) is 2.21. The number of hydrogen-bond donors (Lipinski definition) is 1. The molecule has 0 radical (unpaired) electrons. The lowest BCUT2D eigenvalue weighted by Crippen LogP contribution is -2.45. The van der Waals surface area contributed by atoms with Crippen LogP contribution in [0.1, 0.15) is 26.7 Å². The molecule has 1 N–H and O–H groups in total. The lowest BCUT2D eigenvalue weighted by atomic mass is 9.76. The summed E-state index contributed by atoms with van der Waals surface area (Å²) in [7, 11) is 0. The first-order valence-corrected chi connectivity index (χ1v) is 5.63. The normalized spacial score (nSPS) is 31.2. The summed E-state index contributed by atoms with van der Waals surface area (Å²) < 4.78 is 5.38. The summed E-state index contributed by atoms with van der Waals surface area (Å²) in [6.45, 7) is 6.52. The van der Waals surface area contributed by atoms with E-state index in [-0.39, 0.29) is 17.2 Å². The van der Waals surface area contributed by atoms with E-state index < -0.39 is 0 Å². The lowest BCUT2D eigenvalue weighted by molar-refractivity contribution is -0.118. The second-order valence-electron chi connectivity index (χ2n) is 5.21. The predicted octanol–water partition coefficient (Wildman–Crippen LogP) is 1.29. The maximum Gasteiger partial charge on any atom is 0.160 e. The number of morpholine rings is 1. The van der Waals surface area contributed by atoms with Gasteiger partial charge >= 0.3 is 0 Å². The number of ether oxygens (including phenoxy) is 1. The van der Waals surface area contributed by atoms with Crippen LogP contribution in [0.5, 0.6) is 0 Å². The molecule has 1 fully saturated rings. The van der Waals surface area contributed by atoms with Crippen LogP contribution in [-0.2, 0) is 9.53 Å². The van der Waals surface area contributed by atoms with Crippen LogP contribution < -0.4 is 5.32 Å². The first-order valence-electron chi connectivity index (χ1n) is 5.63. The van der Waals surface area contributed by atoms with Gasteiger partial charge in [-0.3, -0.25) is 4.79 Å². The van der Waals surface area contributed by atoms with E-state index in [1.807, 2.05) is 0 Å². The van der Waals surface area contributed by atoms with E-state index in [9.17, 15) is 4.79 Å². The Kier molecular flexibility index (Phi) is 2.94. The first kappa shape index (κ1) is 10.8. The summed E-state index contributed by atoms with van der Waals surface area (Å²) in [6.07, 6.45) is 3.75. The van der Waals surface area contributed by atoms with Crippen molar-refractivity contribution in [3.8, 4) is 0 Å². The Morgan fingerprint density at radius 2 is 2.33 bits per heavy atom. The molecule has 1 unspecified atom stereocenters. The molecule has 1 saturated heterocycles. The zero-order valence-corrected chi connectivity index (χ0v) is 9.51. The third-order valence-corrected chi connectivity index (χ3v) is 3.13. The predicted molar refractivity (Wildman–Crippen MR) is 58.7 cm³/mol. The Labute approximate surface area is 90.9 Å². The van der Waals surface area contributed by atoms with Gasteiger partial charge < -0.3 is 10.1 Å². The van der Waals surface area contributed by atoms with Crippen LogP contribution >= 0.6 is 0 Å². The van der Waals surface area contributed by atoms with Crippen molar-refractivity contribution in [2.45, 2.75) is 32.7 Å². The lowest BCUT2D eigenvalue weighted by Gasteiger charge is -2.32. The Balaban J connectivity index is 2.08. The summed E-state index contributed by atoms with van der Waals surface area (Å²) in [5.41, 5.74) is 1.07. The Morgan fingerprint density at radius 1 is 1.53 bits per heavy atom. The molecule has 0 spiro atoms. The van der Waals surface area contributed by atoms with E-state index >= 15 is 0 Å². The Bertz CT molecular complexity index is 288. The van der Waals surface area contributed by atoms with Crippen molar-refractivity contribution in [2.75, 3.05) is 19.8 Å². The summed E-state index contributed by atoms with van der Waals surface area (Å²) in [6, 6.07) is 0.127. The third-order valence-electron chi connectivity index (χ3n) is 3.13. The molecule has 2 rings (SSSR count). The molecule has 0 saturated carbocycles. The number of allylic oxidation sites excluding steroid dienone is 1. The van der Waals surface area contributed by atoms with E-state index in [0.29, 0.717) is 13.0 Å². The molecule has 1 heterocycles. The van der Waals surface area contributed by atoms with Crippen molar-refractivity contribution in [1.29, 1.82) is 0 Å². The van der Waals surface area contributed by atoms with Crippen LogP contribution in [0.3, 0.4) is 0 Å². The Morgan fingerprint density at radius 3 is 2.93 bits per heavy atom. The molecule has 0 aromatic carbocycles. The van der Waals surface area contributed by atoms with E-state index in [4.69, 9.17) is 4.74 Å². The number of carbonyl (C=O) groups is 1. The van der Waals surface area contributed by atoms with Crippen molar-refractivity contribution < 1.29 is 9.53 Å². The summed E-state index contributed by atoms with van der Waals surface area (Å²) >= 11 is 0. The van der Waals surface area contributed by atoms with Crippen LogP contribution in [0.2, 0.25) is 0 Å². The molecule has 84 valence electrons. The van der Waals surface area contributed by atoms with Gasteiger partial charge in [-0.15, -0.1) is 0 Å². The Hall–Kier alpha value is -0.670. The molecule has 1 aliphatic carbocycles. The monoisotopic (exact) mass is 209 g/mol. The second-order valence-corrected chi connectivity index (χ2v) is 5.21. The van der Waals surface area contributed by atoms with E-state index in [2.05, 4.69) is 25.2 Å². The number of nitrogens with one attached hydrogen (secondary N) is 1. The number of Topliss-reactive ketones (excluding diaryl/α,β-unsaturated/α-hetero) is 1. The number of carbonyl (C=O) groups excluding carboxylic acids is 1. The minimum atomic E-state index is 0.127. The molecule has 1 atom stereocenters. The smallest absolute Gasteiger partial charge is 0.160 e. The molecular weight excluding hydrogens is 190 g/mol. The van der Waals surface area contributed by atoms with Crippen LogP contribution in [0.4, 0.5) is 0 Å². The minimum Gasteiger partial charge on any atom is -0.378 e. The molecule has 15 heavy (non-hydrogen) atoms. The SMILES string of the molecule is CC1(C)CC=C(C2COCCN2)C(=O)C1. The highest BCUT2D eigenvalue weighted by Crippen LogP contribution is 2.33. The second kappa shape index (κ2) is 4.06. The maximum atomic E-state index is 11.9. The van der Waals surface area contributed by atoms with Gasteiger partial charge in [-0.1, -0.05) is 19.9 Å². The summed E-state index contributed by atoms with van der Waals surface area (Å²) in [5, 5.41) is 3.33. The van der Waals surface area contributed by atoms with Crippen LogP contribution in [-0.4, -0.2) is 31.6 Å². The molecule has 0 aromatic rings. The highest BCUT2D eigenvalue weighted by Gasteiger charge is 2.31. The molecule has 0 amide bonds. The molecular formula is C12H19NO2. The average Bonchev–Trinajstić information content (AvgIpc) is 2.17. The quantitative estimate of drug-likeness (QED) is 0.707. The van der Waals surface area contributed by atoms with Crippen LogP contribution in [0.15, 0.2) is 11.6 Å². The van der Waals surface area contributed by atoms with Crippen molar-refractivity contribution in [1.82, 2.24) is 5.32 Å². The summed E-state index contributed by atoms with van der Waals surface area (Å²) in [5.74, 6) is 0.286. The molecule has 1 aliphatic heterocycles. The number of ketones is 1. The highest BCUT2D eigenvalue weighted by atomic mass is 16.5. The van der Waals surface area contributed by atoms with Crippen molar-refractivity contribution >= 4 is 5.78 Å². The third kappa shape index (κ3) is 2.47. The minimum absolute atomic E-state index is 0.127. The summed E-state index contributed by atoms with van der Waals surface area (Å²) in [4.78, 5) is 11.9. The van der Waals surface area contributed by atoms with E-state index in [1.54, 1.807) is 0 Å². The molecule has 3 heteroatoms. The largest absolute Gasteiger partial charge is 0.378 e. The fourth-order valence-corrected chi connectivity index (χ4v) is 2.21. The molecule has 0 bridgehead atoms. The highest BCUT2D eigenvalue weighted by molar-refractivity contribution is 5.97. The first-order chi connectivity index (χ1) is 7.08. The molecule has 0 aromatic heterocycles. The zero-order chi connectivity index (χ0) is 10.9. The van der Waals surface area contributed by atoms with Crippen molar-refractivity contribution in [3.63, 3.8) is 0 Å². The van der Waals surface area contributed by atoms with Gasteiger partial charge in [0.15, 0.2) is 5.78 Å². The van der Waals surface area contributed by atoms with Gasteiger partial charge in [-0.25, -0.2) is 0 Å². The molecule has 2 aliphatic rings. The zero-order valence-electron chi connectivity index (χ0n) is 9.51. The van der Waals surface area contributed by atoms with Gasteiger partial charge in [0, 0.05) is 18.5 Å². The van der Waals surface area contributed by atoms with Gasteiger partial charge in [-0.05, 0) is 11.8 Å². The molecule has 3 nitrogen and oxygen atoms in total. The van der Waals surface area contributed by atoms with Crippen molar-refractivity contribution in [2.24, 2.45) is 5.41 Å². The fraction of sp³-hybridized carbons (Fsp3) is 0.750. The topological polar surface area (TPSA) is 38.3 Å². The average molecular weight is 209 g/mol. The van der Waals surface area contributed by atoms with Crippen LogP contribution in [0.25, 0.3) is 0 Å². The van der Waals surface area contributed by atoms with Crippen LogP contribution in [0, 0.1) is 5.41 Å². The number of rotatable bonds is 1. The number of hydrogen-bond acceptors (Lipinski definition) is 3. The van der Waals surface area contributed by atoms with E-state index in [0.717, 1.165) is 25.1 Å². The van der Waals surface area contributed by atoms with Crippen molar-refractivity contribution in [3.05, 3.63) is 11.6 Å². The van der Waals surface area contributed by atoms with E-state index in [1.165, 1.54) is 0 Å². The van der Waals surface area contributed by atoms with Gasteiger partial charge in [0.1, 0.15) is 0 Å². The maximum absolute atomic E-state index is 11.9. The van der Waals surface area contributed by atoms with Gasteiger partial charge in [0.2, 0.25) is 0 Å². The van der Waals surface area contributed by atoms with Gasteiger partial charge in [-0.2, -0.15) is 0 Å². The van der Waals surface area contributed by atoms with Gasteiger partial charge in [0.25, 0.3) is 0 Å². The van der Waals surface area contributed by atoms with Gasteiger partial charge in [0.05, 0.1) is 19.3 Å². The standard InChI is InChI=1S/C12H19NO2/c1-12(2)4-3-9(11(14)7-12)10-8-15-6-5-13-10/h3,10,13H,4-8H2,1-2H3.